The zero-order chi connectivity index (χ0) is 25.5. The van der Waals surface area contributed by atoms with Crippen LogP contribution in [0.15, 0.2) is 66.2 Å². The van der Waals surface area contributed by atoms with Crippen LogP contribution in [-0.2, 0) is 6.42 Å². The quantitative estimate of drug-likeness (QED) is 0.563. The van der Waals surface area contributed by atoms with E-state index in [2.05, 4.69) is 52.2 Å². The lowest BCUT2D eigenvalue weighted by molar-refractivity contribution is 0.0664. The van der Waals surface area contributed by atoms with E-state index in [-0.39, 0.29) is 11.6 Å². The minimum Gasteiger partial charge on any atom is -0.502 e. The van der Waals surface area contributed by atoms with E-state index in [9.17, 15) is 14.7 Å². The average molecular weight is 479 g/mol. The van der Waals surface area contributed by atoms with E-state index in [4.69, 9.17) is 0 Å². The van der Waals surface area contributed by atoms with E-state index < -0.39 is 11.3 Å². The molecule has 0 radical (unpaired) electrons. The standard InChI is InChI=1S/C29H26N4O3/c1-21(26-27(34)28(35)31-20-30-26)19-24-9-7-22(8-10-24)5-3-4-6-23-11-13-25(14-12-23)29(36)33-17-15-32(2)16-18-33/h7-14,20,34H,1,15-19H2,2H3,(H,30,31,35). The summed E-state index contributed by atoms with van der Waals surface area (Å²) in [5, 5.41) is 9.88. The Bertz CT molecular complexity index is 1440. The molecule has 1 fully saturated rings. The number of allylic oxidation sites excluding steroid dienone is 1. The number of hydrogen-bond acceptors (Lipinski definition) is 5. The van der Waals surface area contributed by atoms with Crippen molar-refractivity contribution in [2.45, 2.75) is 6.42 Å². The summed E-state index contributed by atoms with van der Waals surface area (Å²) < 4.78 is 0. The highest BCUT2D eigenvalue weighted by Crippen LogP contribution is 2.21. The SMILES string of the molecule is C=C(Cc1ccc(C#CC#Cc2ccc(C(=O)N3CCN(C)CC3)cc2)cc1)c1nc[nH]c(=O)c1O. The molecule has 0 spiro atoms. The molecule has 1 amide bonds. The van der Waals surface area contributed by atoms with Crippen molar-refractivity contribution < 1.29 is 9.90 Å². The molecule has 3 aromatic rings. The highest BCUT2D eigenvalue weighted by molar-refractivity contribution is 5.94. The molecule has 36 heavy (non-hydrogen) atoms. The number of aromatic amines is 1. The maximum Gasteiger partial charge on any atom is 0.293 e. The number of carbonyl (C=O) groups is 1. The van der Waals surface area contributed by atoms with Gasteiger partial charge < -0.3 is 19.9 Å². The van der Waals surface area contributed by atoms with Crippen molar-refractivity contribution in [3.05, 3.63) is 99.7 Å². The third-order valence-corrected chi connectivity index (χ3v) is 5.93. The van der Waals surface area contributed by atoms with Gasteiger partial charge in [0.2, 0.25) is 5.75 Å². The van der Waals surface area contributed by atoms with Crippen LogP contribution in [0.5, 0.6) is 5.75 Å². The predicted molar refractivity (Wildman–Crippen MR) is 139 cm³/mol. The maximum atomic E-state index is 12.6. The Hall–Kier alpha value is -4.59. The van der Waals surface area contributed by atoms with Crippen molar-refractivity contribution in [1.82, 2.24) is 19.8 Å². The number of amides is 1. The Labute approximate surface area is 210 Å². The van der Waals surface area contributed by atoms with Gasteiger partial charge in [-0.05, 0) is 72.8 Å². The van der Waals surface area contributed by atoms with Gasteiger partial charge in [-0.15, -0.1) is 0 Å². The molecule has 0 atom stereocenters. The number of rotatable bonds is 4. The number of nitrogens with zero attached hydrogens (tertiary/aromatic N) is 3. The van der Waals surface area contributed by atoms with Gasteiger partial charge >= 0.3 is 0 Å². The molecule has 2 heterocycles. The number of aromatic hydroxyl groups is 1. The summed E-state index contributed by atoms with van der Waals surface area (Å²) in [5.41, 5.74) is 3.36. The molecular weight excluding hydrogens is 452 g/mol. The second kappa shape index (κ2) is 11.2. The van der Waals surface area contributed by atoms with Crippen LogP contribution in [0.25, 0.3) is 5.57 Å². The molecular formula is C29H26N4O3. The molecule has 7 nitrogen and oxygen atoms in total. The minimum absolute atomic E-state index is 0.0555. The van der Waals surface area contributed by atoms with Crippen LogP contribution in [0.4, 0.5) is 0 Å². The van der Waals surface area contributed by atoms with Gasteiger partial charge in [-0.2, -0.15) is 0 Å². The number of benzene rings is 2. The van der Waals surface area contributed by atoms with Crippen molar-refractivity contribution in [3.8, 4) is 29.4 Å². The first-order valence-electron chi connectivity index (χ1n) is 11.5. The van der Waals surface area contributed by atoms with Crippen molar-refractivity contribution in [3.63, 3.8) is 0 Å². The Morgan fingerprint density at radius 2 is 1.58 bits per heavy atom. The number of hydrogen-bond donors (Lipinski definition) is 2. The molecule has 1 aliphatic heterocycles. The number of aromatic nitrogens is 2. The van der Waals surface area contributed by atoms with Crippen molar-refractivity contribution in [2.24, 2.45) is 0 Å². The topological polar surface area (TPSA) is 89.5 Å². The van der Waals surface area contributed by atoms with Gasteiger partial charge in [0.1, 0.15) is 5.69 Å². The summed E-state index contributed by atoms with van der Waals surface area (Å²) >= 11 is 0. The van der Waals surface area contributed by atoms with Crippen LogP contribution in [0.2, 0.25) is 0 Å². The van der Waals surface area contributed by atoms with Crippen molar-refractivity contribution in [2.75, 3.05) is 33.2 Å². The Morgan fingerprint density at radius 3 is 2.19 bits per heavy atom. The maximum absolute atomic E-state index is 12.6. The second-order valence-electron chi connectivity index (χ2n) is 8.58. The monoisotopic (exact) mass is 478 g/mol. The van der Waals surface area contributed by atoms with Crippen molar-refractivity contribution in [1.29, 1.82) is 0 Å². The van der Waals surface area contributed by atoms with Gasteiger partial charge in [-0.25, -0.2) is 4.98 Å². The number of nitrogens with one attached hydrogen (secondary N) is 1. The van der Waals surface area contributed by atoms with Crippen LogP contribution in [0, 0.1) is 23.7 Å². The number of piperazine rings is 1. The van der Waals surface area contributed by atoms with E-state index >= 15 is 0 Å². The molecule has 180 valence electrons. The molecule has 0 unspecified atom stereocenters. The summed E-state index contributed by atoms with van der Waals surface area (Å²) in [6.45, 7) is 7.21. The number of likely N-dealkylation sites (N-methyl/N-ethyl adjacent to an activating group) is 1. The Kier molecular flexibility index (Phi) is 7.65. The molecule has 0 bridgehead atoms. The van der Waals surface area contributed by atoms with Crippen LogP contribution >= 0.6 is 0 Å². The normalized spacial score (nSPS) is 13.2. The number of carbonyl (C=O) groups excluding carboxylic acids is 1. The fourth-order valence-electron chi connectivity index (χ4n) is 3.78. The van der Waals surface area contributed by atoms with E-state index in [0.29, 0.717) is 17.6 Å². The lowest BCUT2D eigenvalue weighted by Crippen LogP contribution is -2.47. The molecule has 7 heteroatoms. The summed E-state index contributed by atoms with van der Waals surface area (Å²) in [6, 6.07) is 14.9. The van der Waals surface area contributed by atoms with Gasteiger partial charge in [-0.3, -0.25) is 9.59 Å². The fourth-order valence-corrected chi connectivity index (χ4v) is 3.78. The lowest BCUT2D eigenvalue weighted by atomic mass is 10.0. The highest BCUT2D eigenvalue weighted by atomic mass is 16.3. The zero-order valence-electron chi connectivity index (χ0n) is 20.0. The lowest BCUT2D eigenvalue weighted by Gasteiger charge is -2.32. The second-order valence-corrected chi connectivity index (χ2v) is 8.58. The smallest absolute Gasteiger partial charge is 0.293 e. The zero-order valence-corrected chi connectivity index (χ0v) is 20.0. The molecule has 0 saturated carbocycles. The first-order chi connectivity index (χ1) is 17.4. The molecule has 2 aromatic carbocycles. The van der Waals surface area contributed by atoms with Gasteiger partial charge in [-0.1, -0.05) is 30.6 Å². The summed E-state index contributed by atoms with van der Waals surface area (Å²) in [7, 11) is 2.06. The summed E-state index contributed by atoms with van der Waals surface area (Å²) in [6.07, 6.45) is 1.68. The first kappa shape index (κ1) is 24.5. The predicted octanol–water partition coefficient (Wildman–Crippen LogP) is 2.52. The van der Waals surface area contributed by atoms with Crippen LogP contribution in [-0.4, -0.2) is 64.0 Å². The van der Waals surface area contributed by atoms with Gasteiger partial charge in [0, 0.05) is 42.9 Å². The fraction of sp³-hybridized carbons (Fsp3) is 0.207. The Morgan fingerprint density at radius 1 is 1.00 bits per heavy atom. The van der Waals surface area contributed by atoms with Crippen LogP contribution in [0.3, 0.4) is 0 Å². The summed E-state index contributed by atoms with van der Waals surface area (Å²) in [4.78, 5) is 34.6. The van der Waals surface area contributed by atoms with Crippen LogP contribution < -0.4 is 5.56 Å². The molecule has 0 aliphatic carbocycles. The van der Waals surface area contributed by atoms with Gasteiger partial charge in [0.15, 0.2) is 0 Å². The summed E-state index contributed by atoms with van der Waals surface area (Å²) in [5.74, 6) is 11.3. The third-order valence-electron chi connectivity index (χ3n) is 5.93. The van der Waals surface area contributed by atoms with E-state index in [1.54, 1.807) is 0 Å². The average Bonchev–Trinajstić information content (AvgIpc) is 2.89. The molecule has 2 N–H and O–H groups in total. The van der Waals surface area contributed by atoms with E-state index in [1.165, 1.54) is 6.33 Å². The van der Waals surface area contributed by atoms with Crippen molar-refractivity contribution >= 4 is 11.5 Å². The van der Waals surface area contributed by atoms with Gasteiger partial charge in [0.05, 0.1) is 6.33 Å². The molecule has 1 saturated heterocycles. The largest absolute Gasteiger partial charge is 0.502 e. The highest BCUT2D eigenvalue weighted by Gasteiger charge is 2.20. The Balaban J connectivity index is 1.33. The van der Waals surface area contributed by atoms with Crippen LogP contribution in [0.1, 0.15) is 32.7 Å². The third kappa shape index (κ3) is 6.09. The minimum atomic E-state index is -0.594. The molecule has 1 aliphatic rings. The molecule has 4 rings (SSSR count). The first-order valence-corrected chi connectivity index (χ1v) is 11.5. The van der Waals surface area contributed by atoms with E-state index in [0.717, 1.165) is 42.9 Å². The number of H-pyrrole nitrogens is 1. The molecule has 1 aromatic heterocycles. The van der Waals surface area contributed by atoms with E-state index in [1.807, 2.05) is 53.4 Å². The van der Waals surface area contributed by atoms with Gasteiger partial charge in [0.25, 0.3) is 11.5 Å².